The number of aryl methyl sites for hydroxylation is 2. The normalized spacial score (nSPS) is 20.0. The summed E-state index contributed by atoms with van der Waals surface area (Å²) < 4.78 is 1.60. The summed E-state index contributed by atoms with van der Waals surface area (Å²) in [4.78, 5) is 41.0. The van der Waals surface area contributed by atoms with E-state index < -0.39 is 5.91 Å². The van der Waals surface area contributed by atoms with Gasteiger partial charge in [-0.3, -0.25) is 14.4 Å². The highest BCUT2D eigenvalue weighted by atomic mass is 16.3. The minimum atomic E-state index is -0.451. The van der Waals surface area contributed by atoms with Crippen LogP contribution in [-0.2, 0) is 30.7 Å². The van der Waals surface area contributed by atoms with E-state index in [0.717, 1.165) is 23.1 Å². The van der Waals surface area contributed by atoms with E-state index >= 15 is 0 Å². The molecule has 2 fully saturated rings. The third kappa shape index (κ3) is 3.86. The van der Waals surface area contributed by atoms with E-state index in [9.17, 15) is 14.4 Å². The van der Waals surface area contributed by atoms with E-state index in [4.69, 9.17) is 5.11 Å². The Kier molecular flexibility index (Phi) is 5.37. The van der Waals surface area contributed by atoms with Crippen LogP contribution in [0.15, 0.2) is 41.3 Å². The van der Waals surface area contributed by atoms with Crippen LogP contribution in [0.5, 0.6) is 0 Å². The molecule has 0 saturated heterocycles. The van der Waals surface area contributed by atoms with Crippen LogP contribution in [0.4, 0.5) is 0 Å². The standard InChI is InChI=1S/C25H29N3O4/c29-13-10-26-22(30)21-19-7-12-27(23(31)20-14-25(20)8-9-25)15-18(19)16-28(24(21)32)11-6-17-4-2-1-3-5-17/h1-5,16,20,29H,6-15H2,(H,26,30). The lowest BCUT2D eigenvalue weighted by molar-refractivity contribution is -0.134. The average molecular weight is 436 g/mol. The summed E-state index contributed by atoms with van der Waals surface area (Å²) in [7, 11) is 0. The summed E-state index contributed by atoms with van der Waals surface area (Å²) >= 11 is 0. The summed E-state index contributed by atoms with van der Waals surface area (Å²) in [6, 6.07) is 9.92. The molecule has 2 N–H and O–H groups in total. The van der Waals surface area contributed by atoms with Crippen molar-refractivity contribution in [3.05, 3.63) is 69.1 Å². The number of carbonyl (C=O) groups excluding carboxylic acids is 2. The van der Waals surface area contributed by atoms with Gasteiger partial charge in [-0.1, -0.05) is 30.3 Å². The zero-order valence-electron chi connectivity index (χ0n) is 18.2. The van der Waals surface area contributed by atoms with Crippen LogP contribution in [0.2, 0.25) is 0 Å². The van der Waals surface area contributed by atoms with E-state index in [1.807, 2.05) is 41.4 Å². The molecule has 168 valence electrons. The summed E-state index contributed by atoms with van der Waals surface area (Å²) in [6.07, 6.45) is 6.36. The molecule has 1 spiro atoms. The number of hydrogen-bond acceptors (Lipinski definition) is 4. The Hall–Kier alpha value is -2.93. The first-order chi connectivity index (χ1) is 15.5. The maximum Gasteiger partial charge on any atom is 0.263 e. The monoisotopic (exact) mass is 435 g/mol. The highest BCUT2D eigenvalue weighted by Gasteiger charge is 2.66. The van der Waals surface area contributed by atoms with Crippen molar-refractivity contribution in [1.29, 1.82) is 0 Å². The van der Waals surface area contributed by atoms with Gasteiger partial charge in [-0.2, -0.15) is 0 Å². The molecular formula is C25H29N3O4. The maximum absolute atomic E-state index is 13.3. The first kappa shape index (κ1) is 20.9. The molecule has 7 nitrogen and oxygen atoms in total. The Bertz CT molecular complexity index is 1100. The van der Waals surface area contributed by atoms with Gasteiger partial charge in [0.2, 0.25) is 5.91 Å². The van der Waals surface area contributed by atoms with Crippen LogP contribution in [0.25, 0.3) is 0 Å². The number of nitrogens with zero attached hydrogens (tertiary/aromatic N) is 2. The topological polar surface area (TPSA) is 91.6 Å². The van der Waals surface area contributed by atoms with Crippen LogP contribution in [0.3, 0.4) is 0 Å². The van der Waals surface area contributed by atoms with Crippen molar-refractivity contribution in [3.8, 4) is 0 Å². The van der Waals surface area contributed by atoms with E-state index in [2.05, 4.69) is 5.32 Å². The first-order valence-electron chi connectivity index (χ1n) is 11.5. The fourth-order valence-corrected chi connectivity index (χ4v) is 5.08. The number of aromatic nitrogens is 1. The Balaban J connectivity index is 1.43. The van der Waals surface area contributed by atoms with Crippen LogP contribution < -0.4 is 10.9 Å². The average Bonchev–Trinajstić information content (AvgIpc) is 3.74. The molecule has 0 radical (unpaired) electrons. The molecular weight excluding hydrogens is 406 g/mol. The Morgan fingerprint density at radius 2 is 1.97 bits per heavy atom. The molecule has 3 aliphatic rings. The van der Waals surface area contributed by atoms with Gasteiger partial charge >= 0.3 is 0 Å². The number of carbonyl (C=O) groups is 2. The van der Waals surface area contributed by atoms with Gasteiger partial charge in [0.1, 0.15) is 5.56 Å². The molecule has 1 unspecified atom stereocenters. The second-order valence-corrected chi connectivity index (χ2v) is 9.35. The second-order valence-electron chi connectivity index (χ2n) is 9.35. The van der Waals surface area contributed by atoms with Crippen LogP contribution in [0.1, 0.15) is 46.3 Å². The van der Waals surface area contributed by atoms with Crippen molar-refractivity contribution < 1.29 is 14.7 Å². The molecule has 1 aromatic heterocycles. The molecule has 1 aromatic carbocycles. The number of fused-ring (bicyclic) bond motifs is 1. The summed E-state index contributed by atoms with van der Waals surface area (Å²) in [6.45, 7) is 1.34. The molecule has 32 heavy (non-hydrogen) atoms. The lowest BCUT2D eigenvalue weighted by atomic mass is 9.95. The molecule has 7 heteroatoms. The summed E-state index contributed by atoms with van der Waals surface area (Å²) in [5.74, 6) is -0.0601. The van der Waals surface area contributed by atoms with E-state index in [1.54, 1.807) is 4.57 Å². The van der Waals surface area contributed by atoms with E-state index in [-0.39, 0.29) is 36.1 Å². The van der Waals surface area contributed by atoms with Gasteiger partial charge in [0.25, 0.3) is 11.5 Å². The molecule has 5 rings (SSSR count). The van der Waals surface area contributed by atoms with Crippen molar-refractivity contribution in [2.45, 2.75) is 45.2 Å². The Morgan fingerprint density at radius 3 is 2.66 bits per heavy atom. The van der Waals surface area contributed by atoms with Crippen LogP contribution in [-0.4, -0.2) is 46.1 Å². The van der Waals surface area contributed by atoms with Crippen LogP contribution in [0, 0.1) is 11.3 Å². The van der Waals surface area contributed by atoms with Gasteiger partial charge in [-0.25, -0.2) is 0 Å². The van der Waals surface area contributed by atoms with Gasteiger partial charge in [-0.05, 0) is 54.2 Å². The second kappa shape index (κ2) is 8.20. The van der Waals surface area contributed by atoms with Crippen molar-refractivity contribution in [1.82, 2.24) is 14.8 Å². The van der Waals surface area contributed by atoms with Gasteiger partial charge in [-0.15, -0.1) is 0 Å². The SMILES string of the molecule is O=C(NCCO)c1c2c(cn(CCc3ccccc3)c1=O)CN(C(=O)C1CC13CC3)CC2. The highest BCUT2D eigenvalue weighted by Crippen LogP contribution is 2.71. The van der Waals surface area contributed by atoms with Gasteiger partial charge in [0.05, 0.1) is 6.61 Å². The first-order valence-corrected chi connectivity index (χ1v) is 11.5. The molecule has 1 aliphatic heterocycles. The van der Waals surface area contributed by atoms with Crippen molar-refractivity contribution in [2.75, 3.05) is 19.7 Å². The number of hydrogen-bond donors (Lipinski definition) is 2. The van der Waals surface area contributed by atoms with E-state index in [1.165, 1.54) is 12.8 Å². The quantitative estimate of drug-likeness (QED) is 0.690. The highest BCUT2D eigenvalue weighted by molar-refractivity contribution is 5.96. The smallest absolute Gasteiger partial charge is 0.263 e. The van der Waals surface area contributed by atoms with Crippen LogP contribution >= 0.6 is 0 Å². The van der Waals surface area contributed by atoms with Crippen molar-refractivity contribution >= 4 is 11.8 Å². The molecule has 2 aliphatic carbocycles. The maximum atomic E-state index is 13.3. The fourth-order valence-electron chi connectivity index (χ4n) is 5.08. The number of aliphatic hydroxyl groups excluding tert-OH is 1. The van der Waals surface area contributed by atoms with Gasteiger partial charge < -0.3 is 19.9 Å². The molecule has 1 atom stereocenters. The van der Waals surface area contributed by atoms with Gasteiger partial charge in [0.15, 0.2) is 0 Å². The number of aliphatic hydroxyl groups is 1. The lowest BCUT2D eigenvalue weighted by Gasteiger charge is -2.31. The van der Waals surface area contributed by atoms with E-state index in [0.29, 0.717) is 37.9 Å². The minimum absolute atomic E-state index is 0.0975. The molecule has 2 amide bonds. The zero-order valence-corrected chi connectivity index (χ0v) is 18.2. The van der Waals surface area contributed by atoms with Crippen molar-refractivity contribution in [3.63, 3.8) is 0 Å². The minimum Gasteiger partial charge on any atom is -0.395 e. The van der Waals surface area contributed by atoms with Gasteiger partial charge in [0, 0.05) is 38.3 Å². The predicted octanol–water partition coefficient (Wildman–Crippen LogP) is 1.50. The fraction of sp³-hybridized carbons (Fsp3) is 0.480. The Morgan fingerprint density at radius 1 is 1.19 bits per heavy atom. The number of amides is 2. The molecule has 0 bridgehead atoms. The molecule has 2 saturated carbocycles. The molecule has 2 aromatic rings. The largest absolute Gasteiger partial charge is 0.395 e. The lowest BCUT2D eigenvalue weighted by Crippen LogP contribution is -2.42. The zero-order chi connectivity index (χ0) is 22.3. The third-order valence-corrected chi connectivity index (χ3v) is 7.27. The Labute approximate surface area is 187 Å². The number of pyridine rings is 1. The number of rotatable bonds is 7. The number of benzene rings is 1. The summed E-state index contributed by atoms with van der Waals surface area (Å²) in [5.41, 5.74) is 2.87. The number of nitrogens with one attached hydrogen (secondary N) is 1. The summed E-state index contributed by atoms with van der Waals surface area (Å²) in [5, 5.41) is 11.7. The van der Waals surface area contributed by atoms with Crippen molar-refractivity contribution in [2.24, 2.45) is 11.3 Å². The molecule has 2 heterocycles. The third-order valence-electron chi connectivity index (χ3n) is 7.27. The predicted molar refractivity (Wildman–Crippen MR) is 119 cm³/mol.